The molecule has 0 atom stereocenters. The van der Waals surface area contributed by atoms with Crippen molar-refractivity contribution in [2.75, 3.05) is 37.0 Å². The number of rotatable bonds is 9. The summed E-state index contributed by atoms with van der Waals surface area (Å²) < 4.78 is 30.5. The number of halogens is 3. The fourth-order valence-corrected chi connectivity index (χ4v) is 9.46. The molecule has 2 amide bonds. The molecule has 8 heterocycles. The number of guanidine groups is 2. The van der Waals surface area contributed by atoms with Gasteiger partial charge in [0.05, 0.1) is 48.6 Å². The topological polar surface area (TPSA) is 183 Å². The van der Waals surface area contributed by atoms with E-state index in [9.17, 15) is 18.4 Å². The number of hydrogen-bond acceptors (Lipinski definition) is 15. The van der Waals surface area contributed by atoms with E-state index < -0.39 is 11.9 Å². The molecule has 0 saturated carbocycles. The van der Waals surface area contributed by atoms with Crippen LogP contribution in [0.15, 0.2) is 99.9 Å². The first kappa shape index (κ1) is 62.4. The third-order valence-corrected chi connectivity index (χ3v) is 12.8. The van der Waals surface area contributed by atoms with Crippen molar-refractivity contribution in [3.8, 4) is 22.5 Å². The van der Waals surface area contributed by atoms with Crippen LogP contribution in [0.4, 0.5) is 20.4 Å². The van der Waals surface area contributed by atoms with Gasteiger partial charge >= 0.3 is 103 Å². The monoisotopic (exact) mass is 1130 g/mol. The molecule has 75 heavy (non-hydrogen) atoms. The quantitative estimate of drug-likeness (QED) is 0.0426. The normalized spacial score (nSPS) is 15.3. The minimum atomic E-state index is -0.516. The summed E-state index contributed by atoms with van der Waals surface area (Å²) in [6.45, 7) is 18.5. The summed E-state index contributed by atoms with van der Waals surface area (Å²) in [5.74, 6) is 1.15. The molecular weight excluding hydrogens is 1080 g/mol. The summed E-state index contributed by atoms with van der Waals surface area (Å²) in [6, 6.07) is 24.9. The van der Waals surface area contributed by atoms with E-state index in [2.05, 4.69) is 70.2 Å². The second-order valence-electron chi connectivity index (χ2n) is 19.2. The molecular formula is C51H57ClF2K2N12O5S2. The number of aromatic nitrogens is 6. The van der Waals surface area contributed by atoms with Gasteiger partial charge in [0.1, 0.15) is 21.3 Å². The van der Waals surface area contributed by atoms with Gasteiger partial charge < -0.3 is 11.6 Å². The maximum Gasteiger partial charge on any atom is 1.00 e. The summed E-state index contributed by atoms with van der Waals surface area (Å²) in [5, 5.41) is 20.0. The van der Waals surface area contributed by atoms with E-state index in [0.29, 0.717) is 82.7 Å². The molecule has 386 valence electrons. The number of thiol groups is 1. The van der Waals surface area contributed by atoms with Crippen molar-refractivity contribution in [2.24, 2.45) is 9.98 Å². The number of nitrogens with zero attached hydrogens (tertiary/aromatic N) is 12. The second kappa shape index (κ2) is 26.5. The smallest absolute Gasteiger partial charge is 1.00 e. The van der Waals surface area contributed by atoms with Crippen molar-refractivity contribution in [2.45, 2.75) is 95.1 Å². The number of carbonyl (C=O) groups excluding carboxylic acids is 3. The van der Waals surface area contributed by atoms with E-state index in [1.165, 1.54) is 17.0 Å². The Hall–Kier alpha value is -3.41. The van der Waals surface area contributed by atoms with Gasteiger partial charge in [0.25, 0.3) is 18.3 Å². The van der Waals surface area contributed by atoms with Gasteiger partial charge in [-0.25, -0.2) is 24.6 Å². The number of hydrogen-bond donors (Lipinski definition) is 1. The van der Waals surface area contributed by atoms with Crippen LogP contribution in [-0.4, -0.2) is 118 Å². The van der Waals surface area contributed by atoms with E-state index in [1.807, 2.05) is 85.8 Å². The Balaban J connectivity index is 0.000000279. The zero-order valence-electron chi connectivity index (χ0n) is 45.0. The number of benzene rings is 2. The van der Waals surface area contributed by atoms with Gasteiger partial charge in [-0.05, 0) is 68.3 Å². The van der Waals surface area contributed by atoms with Gasteiger partial charge in [0, 0.05) is 30.5 Å². The predicted molar refractivity (Wildman–Crippen MR) is 282 cm³/mol. The van der Waals surface area contributed by atoms with Crippen LogP contribution in [0.1, 0.15) is 88.7 Å². The summed E-state index contributed by atoms with van der Waals surface area (Å²) in [6.07, 6.45) is 0. The Morgan fingerprint density at radius 1 is 0.720 bits per heavy atom. The Labute approximate surface area is 536 Å². The molecule has 4 aliphatic heterocycles. The van der Waals surface area contributed by atoms with Gasteiger partial charge in [-0.15, -0.1) is 11.8 Å². The first-order valence-electron chi connectivity index (χ1n) is 23.2. The summed E-state index contributed by atoms with van der Waals surface area (Å²) in [5.41, 5.74) is 5.21. The fourth-order valence-electron chi connectivity index (χ4n) is 8.23. The van der Waals surface area contributed by atoms with Crippen molar-refractivity contribution < 1.29 is 138 Å². The largest absolute Gasteiger partial charge is 1.00 e. The molecule has 0 aliphatic carbocycles. The molecule has 0 N–H and O–H groups in total. The number of carbonyl (C=O) groups is 3. The van der Waals surface area contributed by atoms with Crippen molar-refractivity contribution in [3.63, 3.8) is 0 Å². The molecule has 24 heteroatoms. The zero-order valence-corrected chi connectivity index (χ0v) is 52.8. The van der Waals surface area contributed by atoms with Crippen LogP contribution in [0.2, 0.25) is 5.15 Å². The average molecular weight is 1130 g/mol. The molecule has 0 bridgehead atoms. The van der Waals surface area contributed by atoms with E-state index in [0.717, 1.165) is 27.3 Å². The minimum absolute atomic E-state index is 0. The number of fused-ring (bicyclic) bond motifs is 6. The molecule has 0 saturated heterocycles. The number of thioether (sulfide) groups is 1. The van der Waals surface area contributed by atoms with Crippen LogP contribution in [-0.2, 0) is 22.8 Å². The Morgan fingerprint density at radius 3 is 1.51 bits per heavy atom. The van der Waals surface area contributed by atoms with Crippen molar-refractivity contribution in [1.82, 2.24) is 39.3 Å². The van der Waals surface area contributed by atoms with Gasteiger partial charge in [-0.2, -0.15) is 31.6 Å². The molecule has 4 aromatic heterocycles. The Kier molecular flexibility index (Phi) is 22.1. The summed E-state index contributed by atoms with van der Waals surface area (Å²) in [7, 11) is 3.48. The fraction of sp³-hybridized carbons (Fsp3) is 0.353. The molecule has 10 rings (SSSR count). The summed E-state index contributed by atoms with van der Waals surface area (Å²) in [4.78, 5) is 62.0. The average Bonchev–Trinajstić information content (AvgIpc) is 4.07. The number of aliphatic imine (C=N–C) groups is 2. The first-order valence-corrected chi connectivity index (χ1v) is 25.0. The molecule has 0 fully saturated rings. The van der Waals surface area contributed by atoms with E-state index in [4.69, 9.17) is 31.7 Å². The molecule has 6 aromatic rings. The first-order chi connectivity index (χ1) is 34.5. The minimum Gasteiger partial charge on any atom is -1.00 e. The molecule has 0 spiro atoms. The van der Waals surface area contributed by atoms with Crippen LogP contribution < -0.4 is 118 Å². The Bertz CT molecular complexity index is 3090. The van der Waals surface area contributed by atoms with Crippen molar-refractivity contribution in [3.05, 3.63) is 124 Å². The Morgan fingerprint density at radius 2 is 1.11 bits per heavy atom. The van der Waals surface area contributed by atoms with E-state index >= 15 is 0 Å². The van der Waals surface area contributed by atoms with Gasteiger partial charge in [-0.3, -0.25) is 38.7 Å². The SMILES string of the molecule is CC(C)S.CC(C)Sc1c2c(nn1Cc1ccc(-c3cccc(F)n3)cc1)N1CC(C)(C)N=C1N(C)C2=O.CN1C(=O)c2c(nn(Cc3ccc(-c4cccc(F)n4)cc3)c2Cl)N2CC(C)(C)N=C12.O=CO[O-].[H-].[K+].[K+]. The number of pyridine rings is 2. The maximum atomic E-state index is 13.5. The maximum absolute atomic E-state index is 13.5. The predicted octanol–water partition coefficient (Wildman–Crippen LogP) is 2.38. The molecule has 0 radical (unpaired) electrons. The van der Waals surface area contributed by atoms with Crippen molar-refractivity contribution >= 4 is 77.8 Å². The van der Waals surface area contributed by atoms with Crippen LogP contribution in [0.5, 0.6) is 0 Å². The zero-order chi connectivity index (χ0) is 53.1. The van der Waals surface area contributed by atoms with Gasteiger partial charge in [0.15, 0.2) is 11.6 Å². The summed E-state index contributed by atoms with van der Waals surface area (Å²) >= 11 is 12.2. The van der Waals surface area contributed by atoms with Crippen molar-refractivity contribution in [1.29, 1.82) is 0 Å². The van der Waals surface area contributed by atoms with Crippen LogP contribution in [0, 0.1) is 11.9 Å². The van der Waals surface area contributed by atoms with Gasteiger partial charge in [0.2, 0.25) is 23.8 Å². The van der Waals surface area contributed by atoms with Crippen LogP contribution in [0.3, 0.4) is 0 Å². The molecule has 0 unspecified atom stereocenters. The number of anilines is 2. The number of amides is 2. The second-order valence-corrected chi connectivity index (χ2v) is 22.2. The van der Waals surface area contributed by atoms with Crippen LogP contribution >= 0.6 is 36.0 Å². The molecule has 4 aliphatic rings. The van der Waals surface area contributed by atoms with E-state index in [1.54, 1.807) is 59.7 Å². The third kappa shape index (κ3) is 14.8. The third-order valence-electron chi connectivity index (χ3n) is 11.3. The molecule has 17 nitrogen and oxygen atoms in total. The standard InChI is InChI=1S/C25H27FN6OS.C22H20ClFN6O.C3H8S.CH2O3.2K.H/c1-15(2)34-23-20-21(31-14-25(3,4)28-24(31)30(5)22(20)33)29-32(23)13-16-9-11-17(12-10-16)18-7-6-8-19(26)27-18;1-22(2)12-29-19-17(20(31)28(3)21(29)26-22)18(23)30(27-19)11-13-7-9-14(10-8-13)15-5-4-6-16(24)25-15;1-3(2)4;2-1-4-3;;;/h6-12,15H,13-14H2,1-5H3;4-10H,11-12H2,1-3H3;3-4H,1-2H3;1,3H;;;/q;;;;2*+1;-1/p-1. The molecule has 2 aromatic carbocycles. The van der Waals surface area contributed by atoms with E-state index in [-0.39, 0.29) is 139 Å². The van der Waals surface area contributed by atoms with Crippen LogP contribution in [0.25, 0.3) is 22.5 Å². The van der Waals surface area contributed by atoms with Gasteiger partial charge in [-0.1, -0.05) is 100.0 Å².